The molecule has 1 aromatic rings. The number of hydrogen-bond donors (Lipinski definition) is 1. The van der Waals surface area contributed by atoms with Crippen molar-refractivity contribution < 1.29 is 0 Å². The zero-order valence-corrected chi connectivity index (χ0v) is 8.59. The van der Waals surface area contributed by atoms with E-state index in [9.17, 15) is 0 Å². The topological polar surface area (TPSA) is 29.3 Å². The van der Waals surface area contributed by atoms with Gasteiger partial charge in [-0.25, -0.2) is 0 Å². The van der Waals surface area contributed by atoms with Gasteiger partial charge in [0.1, 0.15) is 0 Å². The van der Waals surface area contributed by atoms with E-state index in [-0.39, 0.29) is 0 Å². The SMILES string of the molecule is NCC1CCN1CCc1ccsc1. The summed E-state index contributed by atoms with van der Waals surface area (Å²) in [5, 5.41) is 4.38. The first-order valence-corrected chi connectivity index (χ1v) is 5.79. The molecule has 1 aliphatic heterocycles. The molecular formula is C10H16N2S. The van der Waals surface area contributed by atoms with Crippen LogP contribution in [0.5, 0.6) is 0 Å². The summed E-state index contributed by atoms with van der Waals surface area (Å²) < 4.78 is 0. The lowest BCUT2D eigenvalue weighted by atomic mass is 10.0. The maximum Gasteiger partial charge on any atom is 0.0230 e. The molecule has 2 N–H and O–H groups in total. The van der Waals surface area contributed by atoms with Crippen LogP contribution in [0.25, 0.3) is 0 Å². The van der Waals surface area contributed by atoms with Crippen LogP contribution in [0.4, 0.5) is 0 Å². The molecule has 1 aromatic heterocycles. The molecular weight excluding hydrogens is 180 g/mol. The van der Waals surface area contributed by atoms with Gasteiger partial charge in [-0.3, -0.25) is 4.90 Å². The molecule has 0 amide bonds. The van der Waals surface area contributed by atoms with Gasteiger partial charge in [0.15, 0.2) is 0 Å². The number of nitrogens with zero attached hydrogens (tertiary/aromatic N) is 1. The summed E-state index contributed by atoms with van der Waals surface area (Å²) in [5.41, 5.74) is 7.10. The zero-order valence-electron chi connectivity index (χ0n) is 7.78. The van der Waals surface area contributed by atoms with E-state index < -0.39 is 0 Å². The maximum absolute atomic E-state index is 5.63. The minimum Gasteiger partial charge on any atom is -0.329 e. The van der Waals surface area contributed by atoms with E-state index >= 15 is 0 Å². The molecule has 1 saturated heterocycles. The molecule has 0 aliphatic carbocycles. The number of hydrogen-bond acceptors (Lipinski definition) is 3. The number of likely N-dealkylation sites (tertiary alicyclic amines) is 1. The van der Waals surface area contributed by atoms with Gasteiger partial charge in [-0.15, -0.1) is 0 Å². The Morgan fingerprint density at radius 1 is 1.62 bits per heavy atom. The molecule has 1 atom stereocenters. The van der Waals surface area contributed by atoms with Gasteiger partial charge in [-0.1, -0.05) is 0 Å². The predicted molar refractivity (Wildman–Crippen MR) is 57.1 cm³/mol. The molecule has 0 bridgehead atoms. The van der Waals surface area contributed by atoms with Crippen LogP contribution in [0.15, 0.2) is 16.8 Å². The second-order valence-corrected chi connectivity index (χ2v) is 4.38. The molecule has 1 unspecified atom stereocenters. The fourth-order valence-corrected chi connectivity index (χ4v) is 2.47. The highest BCUT2D eigenvalue weighted by Gasteiger charge is 2.25. The highest BCUT2D eigenvalue weighted by atomic mass is 32.1. The molecule has 0 saturated carbocycles. The maximum atomic E-state index is 5.63. The third kappa shape index (κ3) is 2.10. The Labute approximate surface area is 83.4 Å². The van der Waals surface area contributed by atoms with Crippen LogP contribution >= 0.6 is 11.3 Å². The van der Waals surface area contributed by atoms with Crippen molar-refractivity contribution in [1.29, 1.82) is 0 Å². The highest BCUT2D eigenvalue weighted by molar-refractivity contribution is 7.07. The predicted octanol–water partition coefficient (Wildman–Crippen LogP) is 1.32. The molecule has 72 valence electrons. The van der Waals surface area contributed by atoms with Crippen LogP contribution in [-0.2, 0) is 6.42 Å². The fraction of sp³-hybridized carbons (Fsp3) is 0.600. The van der Waals surface area contributed by atoms with Gasteiger partial charge < -0.3 is 5.73 Å². The Kier molecular flexibility index (Phi) is 2.98. The van der Waals surface area contributed by atoms with Crippen molar-refractivity contribution in [3.05, 3.63) is 22.4 Å². The lowest BCUT2D eigenvalue weighted by Crippen LogP contribution is -2.52. The summed E-state index contributed by atoms with van der Waals surface area (Å²) in [6, 6.07) is 2.88. The average Bonchev–Trinajstić information content (AvgIpc) is 2.56. The van der Waals surface area contributed by atoms with Gasteiger partial charge in [-0.2, -0.15) is 11.3 Å². The average molecular weight is 196 g/mol. The fourth-order valence-electron chi connectivity index (χ4n) is 1.76. The highest BCUT2D eigenvalue weighted by Crippen LogP contribution is 2.17. The quantitative estimate of drug-likeness (QED) is 0.787. The first-order chi connectivity index (χ1) is 6.40. The summed E-state index contributed by atoms with van der Waals surface area (Å²) in [6.45, 7) is 3.24. The van der Waals surface area contributed by atoms with Gasteiger partial charge in [0, 0.05) is 25.7 Å². The van der Waals surface area contributed by atoms with E-state index in [0.717, 1.165) is 6.54 Å². The van der Waals surface area contributed by atoms with Crippen molar-refractivity contribution in [2.45, 2.75) is 18.9 Å². The summed E-state index contributed by atoms with van der Waals surface area (Å²) in [5.74, 6) is 0. The summed E-state index contributed by atoms with van der Waals surface area (Å²) in [6.07, 6.45) is 2.47. The van der Waals surface area contributed by atoms with Gasteiger partial charge >= 0.3 is 0 Å². The van der Waals surface area contributed by atoms with Crippen molar-refractivity contribution in [2.24, 2.45) is 5.73 Å². The van der Waals surface area contributed by atoms with E-state index in [1.54, 1.807) is 11.3 Å². The third-order valence-corrected chi connectivity index (χ3v) is 3.54. The van der Waals surface area contributed by atoms with Crippen LogP contribution in [0.1, 0.15) is 12.0 Å². The number of thiophene rings is 1. The van der Waals surface area contributed by atoms with E-state index in [1.807, 2.05) is 0 Å². The summed E-state index contributed by atoms with van der Waals surface area (Å²) >= 11 is 1.78. The van der Waals surface area contributed by atoms with E-state index in [0.29, 0.717) is 6.04 Å². The molecule has 2 heterocycles. The van der Waals surface area contributed by atoms with Gasteiger partial charge in [0.2, 0.25) is 0 Å². The normalized spacial score (nSPS) is 23.0. The molecule has 1 fully saturated rings. The van der Waals surface area contributed by atoms with Gasteiger partial charge in [0.05, 0.1) is 0 Å². The Morgan fingerprint density at radius 2 is 2.54 bits per heavy atom. The van der Waals surface area contributed by atoms with E-state index in [2.05, 4.69) is 21.7 Å². The molecule has 2 rings (SSSR count). The molecule has 3 heteroatoms. The zero-order chi connectivity index (χ0) is 9.10. The van der Waals surface area contributed by atoms with E-state index in [1.165, 1.54) is 31.5 Å². The Morgan fingerprint density at radius 3 is 3.08 bits per heavy atom. The number of nitrogens with two attached hydrogens (primary N) is 1. The Hall–Kier alpha value is -0.380. The molecule has 2 nitrogen and oxygen atoms in total. The second-order valence-electron chi connectivity index (χ2n) is 3.60. The minimum absolute atomic E-state index is 0.665. The molecule has 0 aromatic carbocycles. The second kappa shape index (κ2) is 4.22. The van der Waals surface area contributed by atoms with Crippen molar-refractivity contribution in [3.8, 4) is 0 Å². The van der Waals surface area contributed by atoms with E-state index in [4.69, 9.17) is 5.73 Å². The first kappa shape index (κ1) is 9.19. The largest absolute Gasteiger partial charge is 0.329 e. The van der Waals surface area contributed by atoms with Gasteiger partial charge in [-0.05, 0) is 35.2 Å². The van der Waals surface area contributed by atoms with Crippen molar-refractivity contribution in [2.75, 3.05) is 19.6 Å². The lowest BCUT2D eigenvalue weighted by Gasteiger charge is -2.40. The minimum atomic E-state index is 0.665. The van der Waals surface area contributed by atoms with Crippen LogP contribution in [0, 0.1) is 0 Å². The van der Waals surface area contributed by atoms with Crippen LogP contribution in [0.2, 0.25) is 0 Å². The summed E-state index contributed by atoms with van der Waals surface area (Å²) in [7, 11) is 0. The van der Waals surface area contributed by atoms with Crippen LogP contribution in [0.3, 0.4) is 0 Å². The van der Waals surface area contributed by atoms with Crippen LogP contribution in [-0.4, -0.2) is 30.6 Å². The first-order valence-electron chi connectivity index (χ1n) is 4.85. The standard InChI is InChI=1S/C10H16N2S/c11-7-10-2-5-12(10)4-1-9-3-6-13-8-9/h3,6,8,10H,1-2,4-5,7,11H2. The van der Waals surface area contributed by atoms with Crippen molar-refractivity contribution in [1.82, 2.24) is 4.90 Å². The Bertz CT molecular complexity index is 243. The Balaban J connectivity index is 1.74. The monoisotopic (exact) mass is 196 g/mol. The molecule has 1 aliphatic rings. The number of rotatable bonds is 4. The smallest absolute Gasteiger partial charge is 0.0230 e. The lowest BCUT2D eigenvalue weighted by molar-refractivity contribution is 0.0986. The van der Waals surface area contributed by atoms with Gasteiger partial charge in [0.25, 0.3) is 0 Å². The van der Waals surface area contributed by atoms with Crippen molar-refractivity contribution in [3.63, 3.8) is 0 Å². The van der Waals surface area contributed by atoms with Crippen molar-refractivity contribution >= 4 is 11.3 Å². The molecule has 0 spiro atoms. The summed E-state index contributed by atoms with van der Waals surface area (Å²) in [4.78, 5) is 2.48. The van der Waals surface area contributed by atoms with Crippen LogP contribution < -0.4 is 5.73 Å². The molecule has 0 radical (unpaired) electrons. The third-order valence-electron chi connectivity index (χ3n) is 2.81. The molecule has 13 heavy (non-hydrogen) atoms.